The first-order chi connectivity index (χ1) is 14.9. The first-order valence-corrected chi connectivity index (χ1v) is 11.3. The van der Waals surface area contributed by atoms with Crippen LogP contribution >= 0.6 is 15.9 Å². The van der Waals surface area contributed by atoms with Crippen molar-refractivity contribution in [3.05, 3.63) is 64.6 Å². The highest BCUT2D eigenvalue weighted by atomic mass is 79.9. The molecule has 1 fully saturated rings. The highest BCUT2D eigenvalue weighted by molar-refractivity contribution is 9.10. The molecule has 0 amide bonds. The van der Waals surface area contributed by atoms with Gasteiger partial charge in [0.05, 0.1) is 34.0 Å². The number of para-hydroxylation sites is 1. The number of imidazole rings is 1. The van der Waals surface area contributed by atoms with Crippen LogP contribution in [0.15, 0.2) is 53.1 Å². The molecule has 0 aliphatic carbocycles. The Labute approximate surface area is 196 Å². The Balaban J connectivity index is 1.93. The monoisotopic (exact) mass is 502 g/mol. The van der Waals surface area contributed by atoms with Gasteiger partial charge in [0, 0.05) is 24.7 Å². The summed E-state index contributed by atoms with van der Waals surface area (Å²) in [6.07, 6.45) is 2.64. The second-order valence-electron chi connectivity index (χ2n) is 9.63. The van der Waals surface area contributed by atoms with Crippen LogP contribution in [0, 0.1) is 5.82 Å². The van der Waals surface area contributed by atoms with E-state index in [-0.39, 0.29) is 5.82 Å². The quantitative estimate of drug-likeness (QED) is 0.474. The van der Waals surface area contributed by atoms with Crippen molar-refractivity contribution >= 4 is 15.9 Å². The Kier molecular flexibility index (Phi) is 5.72. The number of aromatic nitrogens is 2. The molecule has 0 saturated carbocycles. The Bertz CT molecular complexity index is 1140. The molecule has 0 radical (unpaired) electrons. The zero-order valence-corrected chi connectivity index (χ0v) is 20.5. The highest BCUT2D eigenvalue weighted by Gasteiger charge is 2.49. The van der Waals surface area contributed by atoms with E-state index in [1.54, 1.807) is 19.2 Å². The van der Waals surface area contributed by atoms with Crippen molar-refractivity contribution in [3.8, 4) is 22.8 Å². The summed E-state index contributed by atoms with van der Waals surface area (Å²) in [7, 11) is 1.61. The van der Waals surface area contributed by atoms with Gasteiger partial charge >= 0.3 is 0 Å². The molecule has 3 aromatic rings. The van der Waals surface area contributed by atoms with E-state index in [1.807, 2.05) is 62.7 Å². The van der Waals surface area contributed by atoms with Crippen LogP contribution in [0.4, 0.5) is 4.39 Å². The summed E-state index contributed by atoms with van der Waals surface area (Å²) in [5.41, 5.74) is -0.204. The first-order valence-electron chi connectivity index (χ1n) is 10.5. The number of rotatable bonds is 4. The number of ether oxygens (including phenoxy) is 2. The Morgan fingerprint density at radius 1 is 1.09 bits per heavy atom. The van der Waals surface area contributed by atoms with E-state index in [1.165, 1.54) is 6.07 Å². The second-order valence-corrected chi connectivity index (χ2v) is 10.5. The van der Waals surface area contributed by atoms with Crippen molar-refractivity contribution in [2.75, 3.05) is 7.11 Å². The van der Waals surface area contributed by atoms with Crippen LogP contribution in [0.1, 0.15) is 46.2 Å². The predicted octanol–water partition coefficient (Wildman–Crippen LogP) is 6.00. The minimum Gasteiger partial charge on any atom is -0.496 e. The van der Waals surface area contributed by atoms with Gasteiger partial charge in [0.1, 0.15) is 23.0 Å². The molecule has 1 saturated heterocycles. The smallest absolute Gasteiger partial charge is 0.148 e. The van der Waals surface area contributed by atoms with Gasteiger partial charge in [-0.25, -0.2) is 9.37 Å². The summed E-state index contributed by atoms with van der Waals surface area (Å²) in [5.74, 6) is 0.915. The fourth-order valence-corrected chi connectivity index (χ4v) is 5.29. The summed E-state index contributed by atoms with van der Waals surface area (Å²) >= 11 is 3.28. The SMILES string of the molecule is COc1ccccc1-c1nc(C2(O)CC(C)(C)OC(C)(C)C2)cn1-c1ccc(F)c(Br)c1. The van der Waals surface area contributed by atoms with Gasteiger partial charge in [-0.2, -0.15) is 0 Å². The maximum atomic E-state index is 13.9. The Hall–Kier alpha value is -2.22. The van der Waals surface area contributed by atoms with E-state index in [4.69, 9.17) is 14.5 Å². The van der Waals surface area contributed by atoms with Crippen LogP contribution in [0.2, 0.25) is 0 Å². The van der Waals surface area contributed by atoms with Crippen LogP contribution in [0.25, 0.3) is 17.1 Å². The number of hydrogen-bond donors (Lipinski definition) is 1. The molecule has 5 nitrogen and oxygen atoms in total. The lowest BCUT2D eigenvalue weighted by Gasteiger charge is -2.49. The summed E-state index contributed by atoms with van der Waals surface area (Å²) in [6, 6.07) is 12.4. The van der Waals surface area contributed by atoms with E-state index in [0.717, 1.165) is 5.56 Å². The van der Waals surface area contributed by atoms with Gasteiger partial charge in [-0.15, -0.1) is 0 Å². The van der Waals surface area contributed by atoms with E-state index in [9.17, 15) is 9.50 Å². The fourth-order valence-electron chi connectivity index (χ4n) is 4.93. The summed E-state index contributed by atoms with van der Waals surface area (Å²) in [4.78, 5) is 4.91. The molecule has 32 heavy (non-hydrogen) atoms. The van der Waals surface area contributed by atoms with Crippen LogP contribution < -0.4 is 4.74 Å². The van der Waals surface area contributed by atoms with Crippen LogP contribution in [0.5, 0.6) is 5.75 Å². The molecule has 0 bridgehead atoms. The van der Waals surface area contributed by atoms with Gasteiger partial charge in [-0.05, 0) is 74.0 Å². The van der Waals surface area contributed by atoms with Crippen molar-refractivity contribution in [1.29, 1.82) is 0 Å². The maximum Gasteiger partial charge on any atom is 0.148 e. The number of nitrogens with zero attached hydrogens (tertiary/aromatic N) is 2. The number of benzene rings is 2. The maximum absolute atomic E-state index is 13.9. The van der Waals surface area contributed by atoms with Crippen molar-refractivity contribution in [2.45, 2.75) is 57.3 Å². The van der Waals surface area contributed by atoms with Gasteiger partial charge in [0.2, 0.25) is 0 Å². The lowest BCUT2D eigenvalue weighted by Crippen LogP contribution is -2.52. The zero-order valence-electron chi connectivity index (χ0n) is 18.9. The van der Waals surface area contributed by atoms with Gasteiger partial charge in [-0.3, -0.25) is 4.57 Å². The highest BCUT2D eigenvalue weighted by Crippen LogP contribution is 2.47. The number of hydrogen-bond acceptors (Lipinski definition) is 4. The van der Waals surface area contributed by atoms with E-state index < -0.39 is 16.8 Å². The molecule has 170 valence electrons. The largest absolute Gasteiger partial charge is 0.496 e. The van der Waals surface area contributed by atoms with Gasteiger partial charge in [0.25, 0.3) is 0 Å². The topological polar surface area (TPSA) is 56.5 Å². The second kappa shape index (κ2) is 7.97. The standard InChI is InChI=1S/C25H28BrFN2O3/c1-23(2)14-25(30,15-24(3,4)32-23)21-13-29(16-10-11-19(27)18(26)12-16)22(28-21)17-8-6-7-9-20(17)31-5/h6-13,30H,14-15H2,1-5H3. The molecule has 1 N–H and O–H groups in total. The van der Waals surface area contributed by atoms with Crippen molar-refractivity contribution in [3.63, 3.8) is 0 Å². The van der Waals surface area contributed by atoms with Gasteiger partial charge in [0.15, 0.2) is 0 Å². The molecule has 1 aliphatic rings. The van der Waals surface area contributed by atoms with E-state index >= 15 is 0 Å². The molecular formula is C25H28BrFN2O3. The minimum absolute atomic E-state index is 0.348. The van der Waals surface area contributed by atoms with Crippen molar-refractivity contribution < 1.29 is 19.0 Å². The van der Waals surface area contributed by atoms with E-state index in [2.05, 4.69) is 15.9 Å². The third-order valence-electron chi connectivity index (χ3n) is 5.70. The van der Waals surface area contributed by atoms with Crippen molar-refractivity contribution in [1.82, 2.24) is 9.55 Å². The fraction of sp³-hybridized carbons (Fsp3) is 0.400. The average Bonchev–Trinajstić information content (AvgIpc) is 3.13. The molecule has 4 rings (SSSR count). The first kappa shape index (κ1) is 23.0. The predicted molar refractivity (Wildman–Crippen MR) is 126 cm³/mol. The van der Waals surface area contributed by atoms with Crippen LogP contribution in [0.3, 0.4) is 0 Å². The average molecular weight is 503 g/mol. The van der Waals surface area contributed by atoms with E-state index in [0.29, 0.717) is 40.3 Å². The Morgan fingerprint density at radius 3 is 2.38 bits per heavy atom. The summed E-state index contributed by atoms with van der Waals surface area (Å²) in [5, 5.41) is 11.8. The lowest BCUT2D eigenvalue weighted by atomic mass is 9.76. The molecule has 1 aromatic heterocycles. The molecule has 0 atom stereocenters. The summed E-state index contributed by atoms with van der Waals surface area (Å²) in [6.45, 7) is 7.92. The minimum atomic E-state index is -1.19. The molecule has 1 aliphatic heterocycles. The van der Waals surface area contributed by atoms with Gasteiger partial charge < -0.3 is 14.6 Å². The Morgan fingerprint density at radius 2 is 1.75 bits per heavy atom. The number of aliphatic hydroxyl groups is 1. The van der Waals surface area contributed by atoms with Crippen LogP contribution in [-0.2, 0) is 10.3 Å². The number of halogens is 2. The zero-order chi connectivity index (χ0) is 23.3. The molecule has 2 aromatic carbocycles. The molecule has 7 heteroatoms. The molecule has 0 spiro atoms. The third kappa shape index (κ3) is 4.34. The molecule has 0 unspecified atom stereocenters. The molecular weight excluding hydrogens is 475 g/mol. The van der Waals surface area contributed by atoms with Gasteiger partial charge in [-0.1, -0.05) is 12.1 Å². The molecule has 2 heterocycles. The summed E-state index contributed by atoms with van der Waals surface area (Å²) < 4.78 is 27.9. The van der Waals surface area contributed by atoms with Crippen molar-refractivity contribution in [2.24, 2.45) is 0 Å². The van der Waals surface area contributed by atoms with Crippen LogP contribution in [-0.4, -0.2) is 33.0 Å². The third-order valence-corrected chi connectivity index (χ3v) is 6.31. The number of methoxy groups -OCH3 is 1. The normalized spacial score (nSPS) is 19.0. The lowest BCUT2D eigenvalue weighted by molar-refractivity contribution is -0.224.